The monoisotopic (exact) mass is 344 g/mol. The molecule has 0 fully saturated rings. The number of hydrogen-bond acceptors (Lipinski definition) is 4. The molecule has 20 heavy (non-hydrogen) atoms. The van der Waals surface area contributed by atoms with Crippen LogP contribution in [0.25, 0.3) is 0 Å². The van der Waals surface area contributed by atoms with Gasteiger partial charge in [-0.05, 0) is 35.8 Å². The molecule has 7 heteroatoms. The van der Waals surface area contributed by atoms with Gasteiger partial charge in [0.25, 0.3) is 5.91 Å². The Kier molecular flexibility index (Phi) is 4.49. The Morgan fingerprint density at radius 3 is 2.85 bits per heavy atom. The van der Waals surface area contributed by atoms with Crippen LogP contribution in [0.15, 0.2) is 10.7 Å². The van der Waals surface area contributed by atoms with Gasteiger partial charge in [-0.2, -0.15) is 0 Å². The quantitative estimate of drug-likeness (QED) is 0.814. The maximum atomic E-state index is 12.4. The number of aromatic nitrogens is 1. The normalized spacial score (nSPS) is 21.9. The van der Waals surface area contributed by atoms with Crippen molar-refractivity contribution >= 4 is 27.8 Å². The molecule has 2 heterocycles. The highest BCUT2D eigenvalue weighted by molar-refractivity contribution is 9.10. The van der Waals surface area contributed by atoms with Crippen LogP contribution < -0.4 is 5.32 Å². The largest absolute Gasteiger partial charge is 0.464 e. The van der Waals surface area contributed by atoms with Crippen LogP contribution in [0.5, 0.6) is 0 Å². The van der Waals surface area contributed by atoms with E-state index in [1.165, 1.54) is 0 Å². The van der Waals surface area contributed by atoms with Crippen LogP contribution >= 0.6 is 15.9 Å². The third kappa shape index (κ3) is 2.47. The fraction of sp³-hybridized carbons (Fsp3) is 0.538. The molecule has 1 aliphatic rings. The van der Waals surface area contributed by atoms with E-state index < -0.39 is 11.6 Å². The second-order valence-electron chi connectivity index (χ2n) is 4.39. The van der Waals surface area contributed by atoms with Crippen LogP contribution in [-0.4, -0.2) is 36.6 Å². The molecule has 2 rings (SSSR count). The number of amides is 1. The number of carbonyl (C=O) groups excluding carboxylic acids is 2. The molecular formula is C13H17BrN2O4. The third-order valence-electron chi connectivity index (χ3n) is 3.21. The number of aromatic amines is 1. The summed E-state index contributed by atoms with van der Waals surface area (Å²) in [6, 6.07) is 1.70. The Hall–Kier alpha value is -1.34. The van der Waals surface area contributed by atoms with Crippen LogP contribution in [-0.2, 0) is 19.9 Å². The van der Waals surface area contributed by atoms with Crippen LogP contribution in [0.1, 0.15) is 36.3 Å². The van der Waals surface area contributed by atoms with Crippen LogP contribution in [0.3, 0.4) is 0 Å². The van der Waals surface area contributed by atoms with Gasteiger partial charge in [-0.25, -0.2) is 4.79 Å². The lowest BCUT2D eigenvalue weighted by atomic mass is 9.90. The third-order valence-corrected chi connectivity index (χ3v) is 3.63. The molecule has 0 spiro atoms. The summed E-state index contributed by atoms with van der Waals surface area (Å²) in [5, 5.41) is 2.75. The summed E-state index contributed by atoms with van der Waals surface area (Å²) < 4.78 is 11.5. The fourth-order valence-corrected chi connectivity index (χ4v) is 2.84. The molecule has 1 atom stereocenters. The SMILES string of the molecule is CCOC(=O)[C@]1(OCC)CCNC(=O)c2[nH]c(Br)cc21. The predicted octanol–water partition coefficient (Wildman–Crippen LogP) is 1.71. The van der Waals surface area contributed by atoms with Gasteiger partial charge in [0.1, 0.15) is 5.69 Å². The van der Waals surface area contributed by atoms with Gasteiger partial charge in [0.05, 0.1) is 11.2 Å². The number of fused-ring (bicyclic) bond motifs is 1. The zero-order valence-electron chi connectivity index (χ0n) is 11.4. The molecule has 0 radical (unpaired) electrons. The van der Waals surface area contributed by atoms with Gasteiger partial charge in [0, 0.05) is 25.1 Å². The highest BCUT2D eigenvalue weighted by Gasteiger charge is 2.47. The Morgan fingerprint density at radius 2 is 2.20 bits per heavy atom. The molecule has 110 valence electrons. The summed E-state index contributed by atoms with van der Waals surface area (Å²) in [5.74, 6) is -0.720. The molecule has 1 aliphatic heterocycles. The van der Waals surface area contributed by atoms with Crippen LogP contribution in [0.4, 0.5) is 0 Å². The van der Waals surface area contributed by atoms with E-state index in [-0.39, 0.29) is 12.5 Å². The van der Waals surface area contributed by atoms with Crippen LogP contribution in [0, 0.1) is 0 Å². The van der Waals surface area contributed by atoms with E-state index in [0.29, 0.717) is 35.4 Å². The molecule has 0 saturated carbocycles. The number of carbonyl (C=O) groups is 2. The summed E-state index contributed by atoms with van der Waals surface area (Å²) in [7, 11) is 0. The number of hydrogen-bond donors (Lipinski definition) is 2. The first-order valence-electron chi connectivity index (χ1n) is 6.53. The number of ether oxygens (including phenoxy) is 2. The van der Waals surface area contributed by atoms with E-state index in [2.05, 4.69) is 26.2 Å². The second-order valence-corrected chi connectivity index (χ2v) is 5.25. The Balaban J connectivity index is 2.56. The first-order chi connectivity index (χ1) is 9.55. The van der Waals surface area contributed by atoms with Crippen molar-refractivity contribution in [1.29, 1.82) is 0 Å². The summed E-state index contributed by atoms with van der Waals surface area (Å²) in [6.07, 6.45) is 0.336. The van der Waals surface area contributed by atoms with Crippen molar-refractivity contribution < 1.29 is 19.1 Å². The van der Waals surface area contributed by atoms with Crippen molar-refractivity contribution in [2.24, 2.45) is 0 Å². The second kappa shape index (κ2) is 5.97. The van der Waals surface area contributed by atoms with Crippen LogP contribution in [0.2, 0.25) is 0 Å². The van der Waals surface area contributed by atoms with Gasteiger partial charge >= 0.3 is 5.97 Å². The number of halogens is 1. The molecule has 0 unspecified atom stereocenters. The zero-order chi connectivity index (χ0) is 14.8. The van der Waals surface area contributed by atoms with Gasteiger partial charge in [-0.1, -0.05) is 0 Å². The molecule has 0 saturated heterocycles. The van der Waals surface area contributed by atoms with Crippen molar-refractivity contribution in [1.82, 2.24) is 10.3 Å². The zero-order valence-corrected chi connectivity index (χ0v) is 13.0. The predicted molar refractivity (Wildman–Crippen MR) is 75.4 cm³/mol. The first kappa shape index (κ1) is 15.1. The highest BCUT2D eigenvalue weighted by Crippen LogP contribution is 2.36. The molecule has 2 N–H and O–H groups in total. The number of esters is 1. The standard InChI is InChI=1S/C13H17BrN2O4/c1-3-19-12(18)13(20-4-2)5-6-15-11(17)10-8(13)7-9(14)16-10/h7,16H,3-6H2,1-2H3,(H,15,17)/t13-/m0/s1. The maximum Gasteiger partial charge on any atom is 0.343 e. The van der Waals surface area contributed by atoms with E-state index >= 15 is 0 Å². The first-order valence-corrected chi connectivity index (χ1v) is 7.32. The fourth-order valence-electron chi connectivity index (χ4n) is 2.41. The van der Waals surface area contributed by atoms with Gasteiger partial charge in [0.15, 0.2) is 5.60 Å². The molecule has 1 aromatic rings. The Labute approximate surface area is 125 Å². The molecule has 1 aromatic heterocycles. The van der Waals surface area contributed by atoms with Gasteiger partial charge in [-0.3, -0.25) is 4.79 Å². The molecule has 1 amide bonds. The molecule has 0 aliphatic carbocycles. The summed E-state index contributed by atoms with van der Waals surface area (Å²) >= 11 is 3.29. The summed E-state index contributed by atoms with van der Waals surface area (Å²) in [6.45, 7) is 4.50. The Morgan fingerprint density at radius 1 is 1.45 bits per heavy atom. The number of nitrogens with one attached hydrogen (secondary N) is 2. The lowest BCUT2D eigenvalue weighted by Crippen LogP contribution is -2.41. The molecular weight excluding hydrogens is 328 g/mol. The van der Waals surface area contributed by atoms with Gasteiger partial charge in [0.2, 0.25) is 0 Å². The van der Waals surface area contributed by atoms with Gasteiger partial charge < -0.3 is 19.8 Å². The molecule has 0 aromatic carbocycles. The van der Waals surface area contributed by atoms with Crippen molar-refractivity contribution in [2.45, 2.75) is 25.9 Å². The van der Waals surface area contributed by atoms with Crippen molar-refractivity contribution in [3.8, 4) is 0 Å². The van der Waals surface area contributed by atoms with E-state index in [9.17, 15) is 9.59 Å². The minimum absolute atomic E-state index is 0.253. The average molecular weight is 345 g/mol. The minimum Gasteiger partial charge on any atom is -0.464 e. The topological polar surface area (TPSA) is 80.4 Å². The average Bonchev–Trinajstić information content (AvgIpc) is 2.75. The van der Waals surface area contributed by atoms with Crippen molar-refractivity contribution in [2.75, 3.05) is 19.8 Å². The number of rotatable bonds is 4. The highest BCUT2D eigenvalue weighted by atomic mass is 79.9. The maximum absolute atomic E-state index is 12.4. The van der Waals surface area contributed by atoms with E-state index in [0.717, 1.165) is 0 Å². The van der Waals surface area contributed by atoms with E-state index in [1.807, 2.05) is 6.92 Å². The van der Waals surface area contributed by atoms with E-state index in [4.69, 9.17) is 9.47 Å². The minimum atomic E-state index is -1.25. The molecule has 0 bridgehead atoms. The summed E-state index contributed by atoms with van der Waals surface area (Å²) in [5.41, 5.74) is -0.405. The summed E-state index contributed by atoms with van der Waals surface area (Å²) in [4.78, 5) is 27.4. The molecule has 6 nitrogen and oxygen atoms in total. The van der Waals surface area contributed by atoms with Crippen molar-refractivity contribution in [3.05, 3.63) is 21.9 Å². The Bertz CT molecular complexity index is 528. The number of H-pyrrole nitrogens is 1. The smallest absolute Gasteiger partial charge is 0.343 e. The van der Waals surface area contributed by atoms with Gasteiger partial charge in [-0.15, -0.1) is 0 Å². The van der Waals surface area contributed by atoms with E-state index in [1.54, 1.807) is 13.0 Å². The van der Waals surface area contributed by atoms with Crippen molar-refractivity contribution in [3.63, 3.8) is 0 Å². The lowest BCUT2D eigenvalue weighted by Gasteiger charge is -2.29. The lowest BCUT2D eigenvalue weighted by molar-refractivity contribution is -0.174.